The van der Waals surface area contributed by atoms with Crippen LogP contribution in [0.5, 0.6) is 0 Å². The Kier molecular flexibility index (Phi) is 5.61. The molecule has 1 aliphatic rings. The summed E-state index contributed by atoms with van der Waals surface area (Å²) in [5.74, 6) is 0.455. The number of hydrogen-bond acceptors (Lipinski definition) is 8. The molecule has 1 fully saturated rings. The van der Waals surface area contributed by atoms with Crippen LogP contribution in [-0.4, -0.2) is 48.8 Å². The van der Waals surface area contributed by atoms with E-state index in [-0.39, 0.29) is 12.2 Å². The normalized spacial score (nSPS) is 14.8. The number of anilines is 2. The summed E-state index contributed by atoms with van der Waals surface area (Å²) < 4.78 is 10.3. The van der Waals surface area contributed by atoms with Gasteiger partial charge in [-0.1, -0.05) is 12.1 Å². The van der Waals surface area contributed by atoms with Crippen molar-refractivity contribution in [2.24, 2.45) is 0 Å². The molecule has 2 heterocycles. The van der Waals surface area contributed by atoms with Gasteiger partial charge < -0.3 is 19.7 Å². The molecule has 0 bridgehead atoms. The highest BCUT2D eigenvalue weighted by molar-refractivity contribution is 5.93. The van der Waals surface area contributed by atoms with Crippen LogP contribution in [0.1, 0.15) is 6.92 Å². The predicted octanol–water partition coefficient (Wildman–Crippen LogP) is 1.85. The van der Waals surface area contributed by atoms with E-state index in [0.29, 0.717) is 37.9 Å². The number of carbonyl (C=O) groups excluding carboxylic acids is 1. The number of morpholine rings is 1. The number of esters is 1. The smallest absolute Gasteiger partial charge is 0.350 e. The van der Waals surface area contributed by atoms with Gasteiger partial charge in [-0.15, -0.1) is 0 Å². The molecular weight excluding hydrogens is 334 g/mol. The van der Waals surface area contributed by atoms with E-state index >= 15 is 0 Å². The predicted molar refractivity (Wildman–Crippen MR) is 96.5 cm³/mol. The first-order valence-corrected chi connectivity index (χ1v) is 8.36. The zero-order valence-corrected chi connectivity index (χ0v) is 14.4. The van der Waals surface area contributed by atoms with Crippen LogP contribution in [0.2, 0.25) is 0 Å². The van der Waals surface area contributed by atoms with E-state index in [4.69, 9.17) is 19.7 Å². The van der Waals surface area contributed by atoms with Crippen LogP contribution in [0.15, 0.2) is 36.0 Å². The van der Waals surface area contributed by atoms with Crippen LogP contribution in [0.25, 0.3) is 11.0 Å². The van der Waals surface area contributed by atoms with E-state index in [1.54, 1.807) is 6.92 Å². The largest absolute Gasteiger partial charge is 0.462 e. The number of nitrogens with zero attached hydrogens (tertiary/aromatic N) is 4. The fraction of sp³-hybridized carbons (Fsp3) is 0.333. The molecule has 2 aromatic rings. The Morgan fingerprint density at radius 1 is 1.35 bits per heavy atom. The quantitative estimate of drug-likeness (QED) is 0.494. The zero-order chi connectivity index (χ0) is 18.4. The molecule has 1 aromatic heterocycles. The highest BCUT2D eigenvalue weighted by Gasteiger charge is 2.19. The number of para-hydroxylation sites is 2. The van der Waals surface area contributed by atoms with Crippen molar-refractivity contribution in [2.45, 2.75) is 6.92 Å². The molecular formula is C18H19N5O3. The van der Waals surface area contributed by atoms with Gasteiger partial charge in [0.25, 0.3) is 0 Å². The maximum absolute atomic E-state index is 11.8. The number of fused-ring (bicyclic) bond motifs is 1. The monoisotopic (exact) mass is 353 g/mol. The molecule has 3 rings (SSSR count). The van der Waals surface area contributed by atoms with Crippen molar-refractivity contribution in [3.63, 3.8) is 0 Å². The summed E-state index contributed by atoms with van der Waals surface area (Å²) >= 11 is 0. The molecule has 26 heavy (non-hydrogen) atoms. The summed E-state index contributed by atoms with van der Waals surface area (Å²) in [6.07, 6.45) is 1.31. The van der Waals surface area contributed by atoms with E-state index in [2.05, 4.69) is 15.2 Å². The molecule has 8 heteroatoms. The summed E-state index contributed by atoms with van der Waals surface area (Å²) in [6.45, 7) is 4.48. The van der Waals surface area contributed by atoms with Gasteiger partial charge in [-0.2, -0.15) is 5.26 Å². The Hall–Kier alpha value is -3.18. The highest BCUT2D eigenvalue weighted by Crippen LogP contribution is 2.26. The molecule has 0 unspecified atom stereocenters. The average molecular weight is 353 g/mol. The van der Waals surface area contributed by atoms with E-state index in [0.717, 1.165) is 11.0 Å². The average Bonchev–Trinajstić information content (AvgIpc) is 2.68. The van der Waals surface area contributed by atoms with E-state index < -0.39 is 5.97 Å². The van der Waals surface area contributed by atoms with Crippen LogP contribution in [0.4, 0.5) is 11.6 Å². The third kappa shape index (κ3) is 3.90. The molecule has 1 saturated heterocycles. The second kappa shape index (κ2) is 8.27. The number of nitriles is 1. The third-order valence-electron chi connectivity index (χ3n) is 3.83. The minimum atomic E-state index is -0.677. The van der Waals surface area contributed by atoms with Crippen LogP contribution >= 0.6 is 0 Å². The van der Waals surface area contributed by atoms with Crippen molar-refractivity contribution in [3.8, 4) is 6.07 Å². The number of ether oxygens (including phenoxy) is 2. The lowest BCUT2D eigenvalue weighted by atomic mass is 10.3. The lowest BCUT2D eigenvalue weighted by molar-refractivity contribution is -0.138. The molecule has 0 radical (unpaired) electrons. The van der Waals surface area contributed by atoms with Gasteiger partial charge in [0.2, 0.25) is 0 Å². The second-order valence-corrected chi connectivity index (χ2v) is 5.52. The van der Waals surface area contributed by atoms with Crippen molar-refractivity contribution in [2.75, 3.05) is 43.1 Å². The van der Waals surface area contributed by atoms with Crippen LogP contribution in [0.3, 0.4) is 0 Å². The summed E-state index contributed by atoms with van der Waals surface area (Å²) in [5, 5.41) is 12.1. The van der Waals surface area contributed by atoms with E-state index in [1.807, 2.05) is 30.3 Å². The summed E-state index contributed by atoms with van der Waals surface area (Å²) in [7, 11) is 0. The first-order chi connectivity index (χ1) is 12.7. The molecule has 0 amide bonds. The maximum atomic E-state index is 11.8. The number of nitrogens with one attached hydrogen (secondary N) is 1. The highest BCUT2D eigenvalue weighted by atomic mass is 16.5. The summed E-state index contributed by atoms with van der Waals surface area (Å²) in [6, 6.07) is 9.37. The molecule has 0 aliphatic carbocycles. The minimum absolute atomic E-state index is 0.130. The van der Waals surface area contributed by atoms with Crippen molar-refractivity contribution in [1.29, 1.82) is 5.26 Å². The maximum Gasteiger partial charge on any atom is 0.350 e. The van der Waals surface area contributed by atoms with E-state index in [9.17, 15) is 4.79 Å². The first kappa shape index (κ1) is 17.6. The number of aromatic nitrogens is 2. The second-order valence-electron chi connectivity index (χ2n) is 5.52. The third-order valence-corrected chi connectivity index (χ3v) is 3.83. The van der Waals surface area contributed by atoms with Gasteiger partial charge in [-0.3, -0.25) is 0 Å². The minimum Gasteiger partial charge on any atom is -0.462 e. The standard InChI is InChI=1S/C18H19N5O3/c1-2-26-18(24)13(11-19)12-20-16-17(23-7-9-25-10-8-23)22-15-6-4-3-5-14(15)21-16/h3-6,12H,2,7-10H2,1H3,(H,20,21). The van der Waals surface area contributed by atoms with Crippen LogP contribution in [-0.2, 0) is 14.3 Å². The Balaban J connectivity index is 1.97. The van der Waals surface area contributed by atoms with Gasteiger partial charge in [0.15, 0.2) is 17.2 Å². The van der Waals surface area contributed by atoms with Crippen LogP contribution < -0.4 is 10.2 Å². The SMILES string of the molecule is CCOC(=O)C(C#N)=CNc1nc2ccccc2nc1N1CCOCC1. The number of carbonyl (C=O) groups is 1. The molecule has 1 aliphatic heterocycles. The van der Waals surface area contributed by atoms with Crippen molar-refractivity contribution in [3.05, 3.63) is 36.0 Å². The van der Waals surface area contributed by atoms with E-state index in [1.165, 1.54) is 6.20 Å². The number of benzene rings is 1. The molecule has 1 N–H and O–H groups in total. The fourth-order valence-corrected chi connectivity index (χ4v) is 2.57. The van der Waals surface area contributed by atoms with Gasteiger partial charge >= 0.3 is 5.97 Å². The Bertz CT molecular complexity index is 869. The molecule has 0 spiro atoms. The molecule has 8 nitrogen and oxygen atoms in total. The lowest BCUT2D eigenvalue weighted by Gasteiger charge is -2.29. The topological polar surface area (TPSA) is 100 Å². The fourth-order valence-electron chi connectivity index (χ4n) is 2.57. The summed E-state index contributed by atoms with van der Waals surface area (Å²) in [5.41, 5.74) is 1.36. The number of rotatable bonds is 5. The van der Waals surface area contributed by atoms with Gasteiger partial charge in [0, 0.05) is 19.3 Å². The lowest BCUT2D eigenvalue weighted by Crippen LogP contribution is -2.37. The Morgan fingerprint density at radius 2 is 2.04 bits per heavy atom. The molecule has 1 aromatic carbocycles. The Morgan fingerprint density at radius 3 is 2.69 bits per heavy atom. The van der Waals surface area contributed by atoms with Gasteiger partial charge in [0.1, 0.15) is 6.07 Å². The molecule has 134 valence electrons. The molecule has 0 saturated carbocycles. The van der Waals surface area contributed by atoms with Gasteiger partial charge in [-0.05, 0) is 19.1 Å². The number of hydrogen-bond donors (Lipinski definition) is 1. The zero-order valence-electron chi connectivity index (χ0n) is 14.4. The summed E-state index contributed by atoms with van der Waals surface area (Å²) in [4.78, 5) is 23.1. The van der Waals surface area contributed by atoms with Crippen molar-refractivity contribution >= 4 is 28.6 Å². The first-order valence-electron chi connectivity index (χ1n) is 8.36. The van der Waals surface area contributed by atoms with Gasteiger partial charge in [0.05, 0.1) is 30.9 Å². The van der Waals surface area contributed by atoms with Crippen LogP contribution in [0, 0.1) is 11.3 Å². The Labute approximate surface area is 151 Å². The van der Waals surface area contributed by atoms with Crippen molar-refractivity contribution < 1.29 is 14.3 Å². The van der Waals surface area contributed by atoms with Crippen molar-refractivity contribution in [1.82, 2.24) is 9.97 Å². The molecule has 0 atom stereocenters. The van der Waals surface area contributed by atoms with Gasteiger partial charge in [-0.25, -0.2) is 14.8 Å².